The molecule has 1 aliphatic carbocycles. The predicted octanol–water partition coefficient (Wildman–Crippen LogP) is 4.61. The van der Waals surface area contributed by atoms with Gasteiger partial charge >= 0.3 is 5.97 Å². The summed E-state index contributed by atoms with van der Waals surface area (Å²) in [4.78, 5) is 25.6. The number of carbonyl (C=O) groups is 2. The highest BCUT2D eigenvalue weighted by Gasteiger charge is 2.43. The molecule has 0 aromatic heterocycles. The number of nitrogens with zero attached hydrogens (tertiary/aromatic N) is 1. The number of carbonyl (C=O) groups excluding carboxylic acids is 1. The van der Waals surface area contributed by atoms with Gasteiger partial charge in [-0.3, -0.25) is 4.79 Å². The summed E-state index contributed by atoms with van der Waals surface area (Å²) in [5, 5.41) is 9.13. The Kier molecular flexibility index (Phi) is 5.97. The minimum Gasteiger partial charge on any atom is -0.486 e. The normalized spacial score (nSPS) is 17.8. The lowest BCUT2D eigenvalue weighted by molar-refractivity contribution is -0.141. The smallest absolute Gasteiger partial charge is 0.341 e. The minimum absolute atomic E-state index is 0.169. The van der Waals surface area contributed by atoms with Crippen LogP contribution in [0.1, 0.15) is 27.4 Å². The van der Waals surface area contributed by atoms with Crippen LogP contribution in [0.4, 0.5) is 5.69 Å². The Hall–Kier alpha value is -4.52. The number of para-hydroxylation sites is 1. The molecule has 3 aromatic carbocycles. The molecule has 2 atom stereocenters. The highest BCUT2D eigenvalue weighted by molar-refractivity contribution is 5.97. The van der Waals surface area contributed by atoms with E-state index in [1.54, 1.807) is 12.1 Å². The summed E-state index contributed by atoms with van der Waals surface area (Å²) in [5.74, 6) is 0.0293. The van der Waals surface area contributed by atoms with E-state index in [1.165, 1.54) is 0 Å². The Balaban J connectivity index is 1.49. The molecule has 176 valence electrons. The molecule has 3 N–H and O–H groups in total. The zero-order valence-corrected chi connectivity index (χ0v) is 18.8. The second-order valence-electron chi connectivity index (χ2n) is 8.40. The second-order valence-corrected chi connectivity index (χ2v) is 8.40. The van der Waals surface area contributed by atoms with Crippen molar-refractivity contribution in [2.45, 2.75) is 18.5 Å². The molecule has 0 bridgehead atoms. The Labute approximate surface area is 202 Å². The molecular formula is C28H24N2O5. The van der Waals surface area contributed by atoms with E-state index in [9.17, 15) is 9.59 Å². The summed E-state index contributed by atoms with van der Waals surface area (Å²) in [6.07, 6.45) is 5.65. The summed E-state index contributed by atoms with van der Waals surface area (Å²) in [6.45, 7) is 0.0781. The van der Waals surface area contributed by atoms with E-state index in [4.69, 9.17) is 20.3 Å². The van der Waals surface area contributed by atoms with E-state index < -0.39 is 18.5 Å². The third-order valence-corrected chi connectivity index (χ3v) is 6.14. The first-order chi connectivity index (χ1) is 17.0. The van der Waals surface area contributed by atoms with Crippen molar-refractivity contribution in [3.63, 3.8) is 0 Å². The van der Waals surface area contributed by atoms with Crippen molar-refractivity contribution >= 4 is 17.6 Å². The number of primary amides is 1. The van der Waals surface area contributed by atoms with E-state index in [0.29, 0.717) is 17.9 Å². The number of allylic oxidation sites excluding steroid dienone is 2. The van der Waals surface area contributed by atoms with Crippen LogP contribution < -0.4 is 15.4 Å². The molecule has 3 aromatic rings. The number of fused-ring (bicyclic) bond motifs is 3. The van der Waals surface area contributed by atoms with Gasteiger partial charge in [0.1, 0.15) is 17.3 Å². The SMILES string of the molecule is NC(=O)c1cccc2c1C1C(OCC(=O)O)=CC=CC1N2Cc1cccc(Oc2ccccc2)c1. The standard InChI is InChI=1S/C28H24N2O5/c29-28(33)21-11-5-12-22-26(21)27-23(13-6-14-24(27)34-17-25(31)32)30(22)16-18-7-4-10-20(15-18)35-19-8-2-1-3-9-19/h1-15,23,27H,16-17H2,(H2,29,33)(H,31,32). The fraction of sp³-hybridized carbons (Fsp3) is 0.143. The van der Waals surface area contributed by atoms with Crippen LogP contribution in [0.25, 0.3) is 0 Å². The first kappa shape index (κ1) is 22.3. The average molecular weight is 469 g/mol. The highest BCUT2D eigenvalue weighted by atomic mass is 16.5. The van der Waals surface area contributed by atoms with Gasteiger partial charge in [0.25, 0.3) is 0 Å². The van der Waals surface area contributed by atoms with Crippen LogP contribution in [0.3, 0.4) is 0 Å². The molecule has 0 spiro atoms. The number of carboxylic acid groups (broad SMARTS) is 1. The van der Waals surface area contributed by atoms with Crippen molar-refractivity contribution in [1.29, 1.82) is 0 Å². The third-order valence-electron chi connectivity index (χ3n) is 6.14. The number of hydrogen-bond acceptors (Lipinski definition) is 5. The monoisotopic (exact) mass is 468 g/mol. The van der Waals surface area contributed by atoms with Crippen LogP contribution in [-0.4, -0.2) is 29.6 Å². The van der Waals surface area contributed by atoms with Crippen LogP contribution in [-0.2, 0) is 16.1 Å². The molecule has 2 unspecified atom stereocenters. The van der Waals surface area contributed by atoms with Crippen LogP contribution in [0, 0.1) is 0 Å². The van der Waals surface area contributed by atoms with E-state index in [1.807, 2.05) is 78.9 Å². The van der Waals surface area contributed by atoms with Gasteiger partial charge in [-0.05, 0) is 48.0 Å². The average Bonchev–Trinajstić information content (AvgIpc) is 3.17. The maximum atomic E-state index is 12.3. The number of carboxylic acids is 1. The van der Waals surface area contributed by atoms with E-state index in [0.717, 1.165) is 28.3 Å². The summed E-state index contributed by atoms with van der Waals surface area (Å²) >= 11 is 0. The lowest BCUT2D eigenvalue weighted by Gasteiger charge is -2.31. The highest BCUT2D eigenvalue weighted by Crippen LogP contribution is 2.49. The summed E-state index contributed by atoms with van der Waals surface area (Å²) in [7, 11) is 0. The second kappa shape index (κ2) is 9.38. The van der Waals surface area contributed by atoms with Crippen LogP contribution in [0.5, 0.6) is 11.5 Å². The zero-order chi connectivity index (χ0) is 24.4. The minimum atomic E-state index is -1.06. The van der Waals surface area contributed by atoms with Crippen molar-refractivity contribution in [2.75, 3.05) is 11.5 Å². The Morgan fingerprint density at radius 3 is 2.51 bits per heavy atom. The number of hydrogen-bond donors (Lipinski definition) is 2. The molecule has 1 amide bonds. The maximum Gasteiger partial charge on any atom is 0.341 e. The number of benzene rings is 3. The molecule has 1 heterocycles. The third kappa shape index (κ3) is 4.48. The number of nitrogens with two attached hydrogens (primary N) is 1. The van der Waals surface area contributed by atoms with Crippen molar-refractivity contribution in [3.8, 4) is 11.5 Å². The van der Waals surface area contributed by atoms with E-state index >= 15 is 0 Å². The molecule has 7 heteroatoms. The van der Waals surface area contributed by atoms with Gasteiger partial charge in [-0.2, -0.15) is 0 Å². The van der Waals surface area contributed by atoms with E-state index in [-0.39, 0.29) is 12.0 Å². The molecule has 0 saturated heterocycles. The molecule has 35 heavy (non-hydrogen) atoms. The van der Waals surface area contributed by atoms with Gasteiger partial charge in [-0.1, -0.05) is 48.6 Å². The van der Waals surface area contributed by atoms with Gasteiger partial charge in [-0.15, -0.1) is 0 Å². The molecule has 1 aliphatic heterocycles. The van der Waals surface area contributed by atoms with Crippen LogP contribution >= 0.6 is 0 Å². The Morgan fingerprint density at radius 1 is 0.971 bits per heavy atom. The number of amides is 1. The number of aliphatic carboxylic acids is 1. The lowest BCUT2D eigenvalue weighted by atomic mass is 9.86. The largest absolute Gasteiger partial charge is 0.486 e. The maximum absolute atomic E-state index is 12.3. The zero-order valence-electron chi connectivity index (χ0n) is 18.8. The summed E-state index contributed by atoms with van der Waals surface area (Å²) < 4.78 is 11.6. The first-order valence-corrected chi connectivity index (χ1v) is 11.3. The molecule has 0 radical (unpaired) electrons. The molecular weight excluding hydrogens is 444 g/mol. The topological polar surface area (TPSA) is 102 Å². The number of anilines is 1. The Bertz CT molecular complexity index is 1330. The number of ether oxygens (including phenoxy) is 2. The van der Waals surface area contributed by atoms with Crippen molar-refractivity contribution in [1.82, 2.24) is 0 Å². The molecule has 5 rings (SSSR count). The van der Waals surface area contributed by atoms with Crippen LogP contribution in [0.15, 0.2) is 96.8 Å². The van der Waals surface area contributed by atoms with Gasteiger partial charge in [0.05, 0.1) is 12.0 Å². The van der Waals surface area contributed by atoms with Gasteiger partial charge in [0.15, 0.2) is 6.61 Å². The fourth-order valence-corrected chi connectivity index (χ4v) is 4.75. The molecule has 0 fully saturated rings. The molecule has 0 saturated carbocycles. The van der Waals surface area contributed by atoms with E-state index in [2.05, 4.69) is 4.90 Å². The van der Waals surface area contributed by atoms with Gasteiger partial charge in [0.2, 0.25) is 5.91 Å². The molecule has 2 aliphatic rings. The van der Waals surface area contributed by atoms with Gasteiger partial charge in [-0.25, -0.2) is 4.79 Å². The summed E-state index contributed by atoms with van der Waals surface area (Å²) in [5.41, 5.74) is 8.76. The lowest BCUT2D eigenvalue weighted by Crippen LogP contribution is -2.34. The van der Waals surface area contributed by atoms with Crippen LogP contribution in [0.2, 0.25) is 0 Å². The first-order valence-electron chi connectivity index (χ1n) is 11.3. The quantitative estimate of drug-likeness (QED) is 0.501. The van der Waals surface area contributed by atoms with Gasteiger partial charge in [0, 0.05) is 23.4 Å². The molecule has 7 nitrogen and oxygen atoms in total. The van der Waals surface area contributed by atoms with Crippen molar-refractivity contribution in [3.05, 3.63) is 113 Å². The fourth-order valence-electron chi connectivity index (χ4n) is 4.75. The van der Waals surface area contributed by atoms with Crippen molar-refractivity contribution < 1.29 is 24.2 Å². The van der Waals surface area contributed by atoms with Crippen molar-refractivity contribution in [2.24, 2.45) is 5.73 Å². The predicted molar refractivity (Wildman–Crippen MR) is 131 cm³/mol. The van der Waals surface area contributed by atoms with Gasteiger partial charge < -0.3 is 25.2 Å². The summed E-state index contributed by atoms with van der Waals surface area (Å²) in [6, 6.07) is 22.7. The number of rotatable bonds is 8. The Morgan fingerprint density at radius 2 is 1.74 bits per heavy atom.